The van der Waals surface area contributed by atoms with Crippen molar-refractivity contribution in [3.8, 4) is 0 Å². The highest BCUT2D eigenvalue weighted by atomic mass is 32.2. The number of benzene rings is 2. The molecule has 0 aromatic heterocycles. The van der Waals surface area contributed by atoms with Crippen LogP contribution in [-0.4, -0.2) is 26.2 Å². The lowest BCUT2D eigenvalue weighted by atomic mass is 10.2. The Morgan fingerprint density at radius 2 is 1.91 bits per heavy atom. The van der Waals surface area contributed by atoms with Gasteiger partial charge in [0.15, 0.2) is 0 Å². The third-order valence-corrected chi connectivity index (χ3v) is 4.48. The first-order valence-corrected chi connectivity index (χ1v) is 8.06. The van der Waals surface area contributed by atoms with Crippen LogP contribution in [0.3, 0.4) is 0 Å². The van der Waals surface area contributed by atoms with Crippen LogP contribution in [0, 0.1) is 6.92 Å². The summed E-state index contributed by atoms with van der Waals surface area (Å²) in [4.78, 5) is 15.4. The largest absolute Gasteiger partial charge is 0.464 e. The maximum Gasteiger partial charge on any atom is 0.302 e. The minimum atomic E-state index is -0.238. The van der Waals surface area contributed by atoms with Crippen LogP contribution in [0.15, 0.2) is 58.3 Å². The number of anilines is 1. The highest BCUT2D eigenvalue weighted by Gasteiger charge is 2.07. The van der Waals surface area contributed by atoms with E-state index in [9.17, 15) is 4.79 Å². The normalized spacial score (nSPS) is 10.3. The molecule has 0 aliphatic heterocycles. The molecule has 0 fully saturated rings. The lowest BCUT2D eigenvalue weighted by Crippen LogP contribution is -2.23. The van der Waals surface area contributed by atoms with Gasteiger partial charge in [-0.15, -0.1) is 0 Å². The molecule has 0 bridgehead atoms. The molecule has 0 aliphatic rings. The van der Waals surface area contributed by atoms with Crippen molar-refractivity contribution in [2.45, 2.75) is 23.6 Å². The average molecular weight is 315 g/mol. The summed E-state index contributed by atoms with van der Waals surface area (Å²) in [5.41, 5.74) is 2.38. The van der Waals surface area contributed by atoms with Crippen molar-refractivity contribution in [3.63, 3.8) is 0 Å². The summed E-state index contributed by atoms with van der Waals surface area (Å²) in [6, 6.07) is 16.7. The number of hydrogen-bond donors (Lipinski definition) is 0. The molecule has 116 valence electrons. The summed E-state index contributed by atoms with van der Waals surface area (Å²) >= 11 is 1.76. The Bertz CT molecular complexity index is 628. The third kappa shape index (κ3) is 4.81. The molecular weight excluding hydrogens is 294 g/mol. The van der Waals surface area contributed by atoms with E-state index < -0.39 is 0 Å². The van der Waals surface area contributed by atoms with Crippen LogP contribution in [0.1, 0.15) is 12.5 Å². The van der Waals surface area contributed by atoms with Gasteiger partial charge in [-0.2, -0.15) is 0 Å². The van der Waals surface area contributed by atoms with Gasteiger partial charge in [-0.05, 0) is 36.8 Å². The zero-order chi connectivity index (χ0) is 15.9. The molecule has 0 spiro atoms. The van der Waals surface area contributed by atoms with Gasteiger partial charge >= 0.3 is 5.97 Å². The van der Waals surface area contributed by atoms with Crippen molar-refractivity contribution < 1.29 is 9.53 Å². The van der Waals surface area contributed by atoms with E-state index in [1.165, 1.54) is 22.3 Å². The molecule has 0 N–H and O–H groups in total. The van der Waals surface area contributed by atoms with Gasteiger partial charge in [-0.1, -0.05) is 36.0 Å². The maximum atomic E-state index is 10.8. The zero-order valence-corrected chi connectivity index (χ0v) is 14.0. The third-order valence-electron chi connectivity index (χ3n) is 3.32. The smallest absolute Gasteiger partial charge is 0.302 e. The van der Waals surface area contributed by atoms with E-state index in [2.05, 4.69) is 42.2 Å². The second-order valence-electron chi connectivity index (χ2n) is 5.13. The molecule has 0 heterocycles. The standard InChI is InChI=1S/C18H21NO2S/c1-14-9-10-16(19(3)11-12-21-15(2)20)13-18(14)22-17-7-5-4-6-8-17/h4-10,13H,11-12H2,1-3H3. The monoisotopic (exact) mass is 315 g/mol. The Morgan fingerprint density at radius 1 is 1.18 bits per heavy atom. The molecule has 0 saturated carbocycles. The minimum Gasteiger partial charge on any atom is -0.464 e. The number of nitrogens with zero attached hydrogens (tertiary/aromatic N) is 1. The van der Waals surface area contributed by atoms with Crippen molar-refractivity contribution in [3.05, 3.63) is 54.1 Å². The van der Waals surface area contributed by atoms with E-state index in [4.69, 9.17) is 4.74 Å². The second-order valence-corrected chi connectivity index (χ2v) is 6.24. The van der Waals surface area contributed by atoms with Crippen LogP contribution >= 0.6 is 11.8 Å². The van der Waals surface area contributed by atoms with E-state index >= 15 is 0 Å². The first-order chi connectivity index (χ1) is 10.6. The number of carbonyl (C=O) groups excluding carboxylic acids is 1. The molecule has 0 atom stereocenters. The van der Waals surface area contributed by atoms with E-state index in [1.54, 1.807) is 11.8 Å². The van der Waals surface area contributed by atoms with E-state index in [1.807, 2.05) is 25.2 Å². The molecular formula is C18H21NO2S. The summed E-state index contributed by atoms with van der Waals surface area (Å²) in [7, 11) is 2.01. The fourth-order valence-corrected chi connectivity index (χ4v) is 2.96. The lowest BCUT2D eigenvalue weighted by molar-refractivity contribution is -0.140. The van der Waals surface area contributed by atoms with Gasteiger partial charge in [-0.25, -0.2) is 0 Å². The van der Waals surface area contributed by atoms with E-state index in [-0.39, 0.29) is 5.97 Å². The van der Waals surface area contributed by atoms with E-state index in [0.29, 0.717) is 13.2 Å². The van der Waals surface area contributed by atoms with Crippen LogP contribution in [0.4, 0.5) is 5.69 Å². The van der Waals surface area contributed by atoms with Crippen LogP contribution in [0.2, 0.25) is 0 Å². The molecule has 0 radical (unpaired) electrons. The predicted molar refractivity (Wildman–Crippen MR) is 91.6 cm³/mol. The number of aryl methyl sites for hydroxylation is 1. The van der Waals surface area contributed by atoms with Crippen molar-refractivity contribution >= 4 is 23.4 Å². The van der Waals surface area contributed by atoms with Crippen molar-refractivity contribution in [2.75, 3.05) is 25.1 Å². The Labute approximate surface area is 136 Å². The number of rotatable bonds is 6. The van der Waals surface area contributed by atoms with Gasteiger partial charge in [0.2, 0.25) is 0 Å². The summed E-state index contributed by atoms with van der Waals surface area (Å²) in [6.45, 7) is 4.63. The van der Waals surface area contributed by atoms with Gasteiger partial charge in [0.1, 0.15) is 6.61 Å². The van der Waals surface area contributed by atoms with Gasteiger partial charge in [-0.3, -0.25) is 4.79 Å². The van der Waals surface area contributed by atoms with Crippen LogP contribution in [-0.2, 0) is 9.53 Å². The fourth-order valence-electron chi connectivity index (χ4n) is 2.01. The maximum absolute atomic E-state index is 10.8. The van der Waals surface area contributed by atoms with Crippen molar-refractivity contribution in [1.82, 2.24) is 0 Å². The number of esters is 1. The number of carbonyl (C=O) groups is 1. The molecule has 2 aromatic carbocycles. The van der Waals surface area contributed by atoms with Crippen molar-refractivity contribution in [2.24, 2.45) is 0 Å². The molecule has 4 heteroatoms. The van der Waals surface area contributed by atoms with Gasteiger partial charge in [0.05, 0.1) is 6.54 Å². The Balaban J connectivity index is 2.07. The molecule has 0 unspecified atom stereocenters. The van der Waals surface area contributed by atoms with Gasteiger partial charge < -0.3 is 9.64 Å². The first kappa shape index (κ1) is 16.4. The molecule has 2 aromatic rings. The summed E-state index contributed by atoms with van der Waals surface area (Å²) in [5.74, 6) is -0.238. The first-order valence-electron chi connectivity index (χ1n) is 7.24. The van der Waals surface area contributed by atoms with Crippen molar-refractivity contribution in [1.29, 1.82) is 0 Å². The van der Waals surface area contributed by atoms with E-state index in [0.717, 1.165) is 5.69 Å². The molecule has 2 rings (SSSR count). The lowest BCUT2D eigenvalue weighted by Gasteiger charge is -2.20. The van der Waals surface area contributed by atoms with Crippen LogP contribution in [0.25, 0.3) is 0 Å². The Kier molecular flexibility index (Phi) is 5.90. The minimum absolute atomic E-state index is 0.238. The molecule has 0 saturated heterocycles. The van der Waals surface area contributed by atoms with Crippen LogP contribution in [0.5, 0.6) is 0 Å². The zero-order valence-electron chi connectivity index (χ0n) is 13.2. The summed E-state index contributed by atoms with van der Waals surface area (Å²) < 4.78 is 5.00. The SMILES string of the molecule is CC(=O)OCCN(C)c1ccc(C)c(Sc2ccccc2)c1. The molecule has 3 nitrogen and oxygen atoms in total. The quantitative estimate of drug-likeness (QED) is 0.749. The topological polar surface area (TPSA) is 29.5 Å². The molecule has 22 heavy (non-hydrogen) atoms. The number of hydrogen-bond acceptors (Lipinski definition) is 4. The summed E-state index contributed by atoms with van der Waals surface area (Å²) in [6.07, 6.45) is 0. The second kappa shape index (κ2) is 7.90. The fraction of sp³-hybridized carbons (Fsp3) is 0.278. The van der Waals surface area contributed by atoms with Gasteiger partial charge in [0.25, 0.3) is 0 Å². The predicted octanol–water partition coefficient (Wildman–Crippen LogP) is 4.15. The average Bonchev–Trinajstić information content (AvgIpc) is 2.50. The van der Waals surface area contributed by atoms with Crippen LogP contribution < -0.4 is 4.90 Å². The number of likely N-dealkylation sites (N-methyl/N-ethyl adjacent to an activating group) is 1. The summed E-state index contributed by atoms with van der Waals surface area (Å²) in [5, 5.41) is 0. The Morgan fingerprint density at radius 3 is 2.59 bits per heavy atom. The molecule has 0 aliphatic carbocycles. The highest BCUT2D eigenvalue weighted by Crippen LogP contribution is 2.32. The Hall–Kier alpha value is -1.94. The highest BCUT2D eigenvalue weighted by molar-refractivity contribution is 7.99. The van der Waals surface area contributed by atoms with Gasteiger partial charge in [0, 0.05) is 29.4 Å². The number of ether oxygens (including phenoxy) is 1. The molecule has 0 amide bonds.